The van der Waals surface area contributed by atoms with Crippen LogP contribution in [0.15, 0.2) is 41.2 Å². The molecule has 1 heterocycles. The first-order chi connectivity index (χ1) is 21.3. The number of phenols is 1. The number of aliphatic carboxylic acids is 1. The average Bonchev–Trinajstić information content (AvgIpc) is 3.39. The maximum atomic E-state index is 13.0. The summed E-state index contributed by atoms with van der Waals surface area (Å²) >= 11 is 7.15. The van der Waals surface area contributed by atoms with E-state index in [1.807, 2.05) is 35.2 Å². The van der Waals surface area contributed by atoms with Gasteiger partial charge < -0.3 is 35.1 Å². The second kappa shape index (κ2) is 19.4. The van der Waals surface area contributed by atoms with Crippen molar-refractivity contribution in [3.63, 3.8) is 0 Å². The van der Waals surface area contributed by atoms with E-state index in [9.17, 15) is 27.9 Å². The Morgan fingerprint density at radius 2 is 1.76 bits per heavy atom. The molecule has 0 bridgehead atoms. The molecule has 45 heavy (non-hydrogen) atoms. The van der Waals surface area contributed by atoms with Crippen molar-refractivity contribution in [2.24, 2.45) is 0 Å². The molecule has 1 amide bonds. The lowest BCUT2D eigenvalue weighted by molar-refractivity contribution is -0.192. The number of amides is 1. The maximum Gasteiger partial charge on any atom is 0.490 e. The monoisotopic (exact) mass is 676 g/mol. The van der Waals surface area contributed by atoms with Gasteiger partial charge in [0, 0.05) is 31.2 Å². The number of aromatic nitrogens is 1. The summed E-state index contributed by atoms with van der Waals surface area (Å²) < 4.78 is 38.3. The van der Waals surface area contributed by atoms with Crippen LogP contribution in [0.2, 0.25) is 5.02 Å². The minimum atomic E-state index is -5.08. The van der Waals surface area contributed by atoms with Gasteiger partial charge in [0.05, 0.1) is 24.3 Å². The molecule has 0 saturated carbocycles. The van der Waals surface area contributed by atoms with Gasteiger partial charge in [-0.1, -0.05) is 55.0 Å². The summed E-state index contributed by atoms with van der Waals surface area (Å²) in [6, 6.07) is 11.2. The molecule has 0 fully saturated rings. The third-order valence-corrected chi connectivity index (χ3v) is 8.02. The number of aromatic amines is 1. The molecule has 0 aliphatic rings. The Labute approximate surface area is 268 Å². The van der Waals surface area contributed by atoms with Crippen molar-refractivity contribution in [2.75, 3.05) is 59.0 Å². The minimum absolute atomic E-state index is 0.0888. The molecule has 4 N–H and O–H groups in total. The highest BCUT2D eigenvalue weighted by molar-refractivity contribution is 7.16. The van der Waals surface area contributed by atoms with Crippen molar-refractivity contribution in [2.45, 2.75) is 39.3 Å². The van der Waals surface area contributed by atoms with E-state index >= 15 is 0 Å². The molecule has 0 spiro atoms. The van der Waals surface area contributed by atoms with Crippen LogP contribution in [0.3, 0.4) is 0 Å². The number of nitrogens with zero attached hydrogens (tertiary/aromatic N) is 2. The summed E-state index contributed by atoms with van der Waals surface area (Å²) in [5.74, 6) is -2.57. The Morgan fingerprint density at radius 3 is 2.40 bits per heavy atom. The molecule has 10 nitrogen and oxygen atoms in total. The number of carbonyl (C=O) groups excluding carboxylic acids is 1. The van der Waals surface area contributed by atoms with Crippen molar-refractivity contribution < 1.29 is 37.7 Å². The van der Waals surface area contributed by atoms with Crippen LogP contribution in [0.25, 0.3) is 10.2 Å². The van der Waals surface area contributed by atoms with Gasteiger partial charge in [-0.2, -0.15) is 13.2 Å². The van der Waals surface area contributed by atoms with Gasteiger partial charge in [0.2, 0.25) is 5.91 Å². The van der Waals surface area contributed by atoms with Gasteiger partial charge in [-0.3, -0.25) is 9.59 Å². The summed E-state index contributed by atoms with van der Waals surface area (Å²) in [5, 5.41) is 21.2. The molecule has 250 valence electrons. The van der Waals surface area contributed by atoms with E-state index in [-0.39, 0.29) is 16.5 Å². The lowest BCUT2D eigenvalue weighted by atomic mass is 10.1. The van der Waals surface area contributed by atoms with Crippen molar-refractivity contribution >= 4 is 45.0 Å². The van der Waals surface area contributed by atoms with Gasteiger partial charge in [-0.05, 0) is 61.8 Å². The number of halogens is 4. The third-order valence-electron chi connectivity index (χ3n) is 6.83. The van der Waals surface area contributed by atoms with E-state index in [0.717, 1.165) is 59.6 Å². The van der Waals surface area contributed by atoms with Crippen LogP contribution in [0, 0.1) is 0 Å². The minimum Gasteiger partial charge on any atom is -0.506 e. The number of thiazole rings is 1. The number of carbonyl (C=O) groups is 2. The van der Waals surface area contributed by atoms with Crippen LogP contribution in [-0.2, 0) is 27.2 Å². The van der Waals surface area contributed by atoms with E-state index < -0.39 is 12.1 Å². The molecule has 0 saturated heterocycles. The largest absolute Gasteiger partial charge is 0.506 e. The number of hydrogen-bond acceptors (Lipinski definition) is 8. The number of rotatable bonds is 17. The average molecular weight is 677 g/mol. The van der Waals surface area contributed by atoms with E-state index in [4.69, 9.17) is 26.2 Å². The Balaban J connectivity index is 0.000000900. The molecule has 1 aromatic heterocycles. The number of fused-ring (bicyclic) bond motifs is 1. The number of ether oxygens (including phenoxy) is 1. The number of carboxylic acids is 1. The Morgan fingerprint density at radius 1 is 1.04 bits per heavy atom. The zero-order chi connectivity index (χ0) is 33.4. The third kappa shape index (κ3) is 13.8. The zero-order valence-electron chi connectivity index (χ0n) is 25.3. The smallest absolute Gasteiger partial charge is 0.490 e. The number of nitrogens with one attached hydrogen (secondary N) is 2. The molecule has 0 atom stereocenters. The fourth-order valence-electron chi connectivity index (χ4n) is 4.30. The second-order valence-corrected chi connectivity index (χ2v) is 11.3. The van der Waals surface area contributed by atoms with Gasteiger partial charge in [-0.15, -0.1) is 0 Å². The first kappa shape index (κ1) is 38.0. The maximum absolute atomic E-state index is 13.0. The number of H-pyrrole nitrogens is 1. The van der Waals surface area contributed by atoms with Crippen LogP contribution in [0.4, 0.5) is 13.2 Å². The molecular formula is C30H40ClF3N4O6S. The predicted molar refractivity (Wildman–Crippen MR) is 169 cm³/mol. The van der Waals surface area contributed by atoms with Crippen LogP contribution in [0.5, 0.6) is 5.75 Å². The number of benzene rings is 2. The van der Waals surface area contributed by atoms with Gasteiger partial charge in [0.15, 0.2) is 0 Å². The SMILES string of the molecule is CCN(CC)CCN(CCNCCc1ccc(O)c2[nH]c(=O)sc12)C(=O)CCOCCc1cccc(Cl)c1.O=C(O)C(F)(F)F. The van der Waals surface area contributed by atoms with Crippen molar-refractivity contribution in [3.8, 4) is 5.75 Å². The first-order valence-electron chi connectivity index (χ1n) is 14.5. The number of hydrogen-bond donors (Lipinski definition) is 4. The lowest BCUT2D eigenvalue weighted by Gasteiger charge is -2.27. The molecule has 0 aliphatic heterocycles. The van der Waals surface area contributed by atoms with Crippen LogP contribution in [-0.4, -0.2) is 102 Å². The molecule has 3 rings (SSSR count). The topological polar surface area (TPSA) is 135 Å². The molecule has 0 aliphatic carbocycles. The fourth-order valence-corrected chi connectivity index (χ4v) is 5.41. The molecule has 0 unspecified atom stereocenters. The molecular weight excluding hydrogens is 637 g/mol. The standard InChI is InChI=1S/C28H39ClN4O4S.C2HF3O2/c1-3-32(4-2)16-17-33(25(35)12-19-37-18-11-21-6-5-7-23(29)20-21)15-14-30-13-10-22-8-9-24(34)26-27(22)38-28(36)31-26;3-2(4,5)1(6)7/h5-9,20,30,34H,3-4,10-19H2,1-2H3,(H,31,36);(H,6,7). The number of likely N-dealkylation sites (N-methyl/N-ethyl adjacent to an activating group) is 1. The van der Waals surface area contributed by atoms with E-state index in [1.54, 1.807) is 6.07 Å². The Hall–Kier alpha value is -3.17. The number of aromatic hydroxyl groups is 1. The second-order valence-electron chi connectivity index (χ2n) is 9.92. The number of carboxylic acid groups (broad SMARTS) is 1. The molecule has 15 heteroatoms. The summed E-state index contributed by atoms with van der Waals surface area (Å²) in [7, 11) is 0. The highest BCUT2D eigenvalue weighted by Gasteiger charge is 2.38. The van der Waals surface area contributed by atoms with Gasteiger partial charge >= 0.3 is 17.0 Å². The van der Waals surface area contributed by atoms with E-state index in [1.165, 1.54) is 0 Å². The van der Waals surface area contributed by atoms with Crippen molar-refractivity contribution in [1.82, 2.24) is 20.1 Å². The molecule has 3 aromatic rings. The van der Waals surface area contributed by atoms with Crippen molar-refractivity contribution in [3.05, 3.63) is 62.2 Å². The summed E-state index contributed by atoms with van der Waals surface area (Å²) in [6.45, 7) is 10.6. The highest BCUT2D eigenvalue weighted by Crippen LogP contribution is 2.27. The van der Waals surface area contributed by atoms with Crippen LogP contribution >= 0.6 is 22.9 Å². The Kier molecular flexibility index (Phi) is 16.4. The number of alkyl halides is 3. The Bertz CT molecular complexity index is 1410. The van der Waals surface area contributed by atoms with E-state index in [0.29, 0.717) is 56.4 Å². The molecule has 2 aromatic carbocycles. The quantitative estimate of drug-likeness (QED) is 0.153. The van der Waals surface area contributed by atoms with Crippen LogP contribution < -0.4 is 10.2 Å². The fraction of sp³-hybridized carbons (Fsp3) is 0.500. The normalized spacial score (nSPS) is 11.4. The molecule has 0 radical (unpaired) electrons. The number of phenolic OH excluding ortho intramolecular Hbond substituents is 1. The predicted octanol–water partition coefficient (Wildman–Crippen LogP) is 4.53. The van der Waals surface area contributed by atoms with Crippen molar-refractivity contribution in [1.29, 1.82) is 0 Å². The van der Waals surface area contributed by atoms with Gasteiger partial charge in [-0.25, -0.2) is 4.79 Å². The van der Waals surface area contributed by atoms with Crippen LogP contribution in [0.1, 0.15) is 31.4 Å². The summed E-state index contributed by atoms with van der Waals surface area (Å²) in [5.41, 5.74) is 2.63. The zero-order valence-corrected chi connectivity index (χ0v) is 26.9. The summed E-state index contributed by atoms with van der Waals surface area (Å²) in [6.07, 6.45) is -3.25. The summed E-state index contributed by atoms with van der Waals surface area (Å²) in [4.78, 5) is 40.4. The lowest BCUT2D eigenvalue weighted by Crippen LogP contribution is -2.42. The van der Waals surface area contributed by atoms with E-state index in [2.05, 4.69) is 29.0 Å². The first-order valence-corrected chi connectivity index (χ1v) is 15.7. The van der Waals surface area contributed by atoms with Gasteiger partial charge in [0.25, 0.3) is 0 Å². The van der Waals surface area contributed by atoms with Gasteiger partial charge in [0.1, 0.15) is 11.3 Å². The highest BCUT2D eigenvalue weighted by atomic mass is 35.5.